The Labute approximate surface area is 176 Å². The molecule has 0 saturated carbocycles. The zero-order valence-electron chi connectivity index (χ0n) is 10.8. The molecular formula is C13H9O3S2Y2-3. The summed E-state index contributed by atoms with van der Waals surface area (Å²) in [6.45, 7) is 0.897. The van der Waals surface area contributed by atoms with Crippen LogP contribution in [0.25, 0.3) is 9.75 Å². The minimum atomic E-state index is -1.21. The maximum absolute atomic E-state index is 12.5. The number of ketones is 1. The SMILES string of the molecule is O=C1c2c[c-]sc2-c2s[c-]cc2C12OCCO2.[CH3-].[Y].[Y]. The number of ether oxygens (including phenoxy) is 2. The van der Waals surface area contributed by atoms with E-state index in [-0.39, 0.29) is 78.6 Å². The van der Waals surface area contributed by atoms with Crippen molar-refractivity contribution >= 4 is 28.5 Å². The predicted octanol–water partition coefficient (Wildman–Crippen LogP) is 2.92. The van der Waals surface area contributed by atoms with Gasteiger partial charge in [0.1, 0.15) is 5.78 Å². The molecule has 0 amide bonds. The van der Waals surface area contributed by atoms with Crippen molar-refractivity contribution in [2.45, 2.75) is 5.79 Å². The molecule has 0 aromatic carbocycles. The van der Waals surface area contributed by atoms with E-state index in [0.29, 0.717) is 18.8 Å². The molecule has 2 radical (unpaired) electrons. The molecule has 1 spiro atoms. The maximum Gasteiger partial charge on any atom is 0.190 e. The molecule has 1 aliphatic carbocycles. The quantitative estimate of drug-likeness (QED) is 0.574. The van der Waals surface area contributed by atoms with Gasteiger partial charge in [-0.25, -0.2) is 0 Å². The fraction of sp³-hybridized carbons (Fsp3) is 0.231. The second kappa shape index (κ2) is 7.18. The molecule has 0 atom stereocenters. The first-order chi connectivity index (χ1) is 8.33. The van der Waals surface area contributed by atoms with Crippen molar-refractivity contribution < 1.29 is 79.7 Å². The van der Waals surface area contributed by atoms with Gasteiger partial charge in [-0.3, -0.25) is 0 Å². The van der Waals surface area contributed by atoms with E-state index in [9.17, 15) is 4.79 Å². The number of carbonyl (C=O) groups excluding carboxylic acids is 1. The summed E-state index contributed by atoms with van der Waals surface area (Å²) in [5.74, 6) is -1.32. The Morgan fingerprint density at radius 2 is 1.65 bits per heavy atom. The number of carbonyl (C=O) groups is 1. The van der Waals surface area contributed by atoms with Gasteiger partial charge in [0.15, 0.2) is 5.79 Å². The molecule has 7 heteroatoms. The molecule has 0 unspecified atom stereocenters. The van der Waals surface area contributed by atoms with Gasteiger partial charge < -0.3 is 44.4 Å². The molecule has 20 heavy (non-hydrogen) atoms. The van der Waals surface area contributed by atoms with Crippen LogP contribution in [0, 0.1) is 18.2 Å². The van der Waals surface area contributed by atoms with Gasteiger partial charge in [-0.15, -0.1) is 21.9 Å². The third-order valence-corrected chi connectivity index (χ3v) is 4.87. The summed E-state index contributed by atoms with van der Waals surface area (Å²) >= 11 is 2.94. The van der Waals surface area contributed by atoms with Crippen LogP contribution in [0.4, 0.5) is 0 Å². The van der Waals surface area contributed by atoms with Crippen LogP contribution in [0.2, 0.25) is 0 Å². The average Bonchev–Trinajstić information content (AvgIpc) is 3.06. The van der Waals surface area contributed by atoms with Crippen LogP contribution < -0.4 is 0 Å². The topological polar surface area (TPSA) is 35.5 Å². The van der Waals surface area contributed by atoms with Crippen LogP contribution in [0.5, 0.6) is 0 Å². The van der Waals surface area contributed by atoms with Crippen molar-refractivity contribution in [1.29, 1.82) is 0 Å². The van der Waals surface area contributed by atoms with Crippen molar-refractivity contribution in [3.8, 4) is 9.75 Å². The van der Waals surface area contributed by atoms with Crippen molar-refractivity contribution in [3.05, 3.63) is 41.4 Å². The fourth-order valence-electron chi connectivity index (χ4n) is 2.28. The van der Waals surface area contributed by atoms with Crippen molar-refractivity contribution in [2.24, 2.45) is 0 Å². The number of fused-ring (bicyclic) bond motifs is 4. The van der Waals surface area contributed by atoms with Crippen LogP contribution in [0.1, 0.15) is 15.9 Å². The van der Waals surface area contributed by atoms with Gasteiger partial charge in [0.05, 0.1) is 13.2 Å². The molecular weight excluding hydrogens is 446 g/mol. The number of rotatable bonds is 0. The van der Waals surface area contributed by atoms with E-state index in [0.717, 1.165) is 15.3 Å². The van der Waals surface area contributed by atoms with Gasteiger partial charge in [-0.1, -0.05) is 0 Å². The molecule has 2 aliphatic rings. The standard InChI is InChI=1S/C12H6O3S2.CH3.2Y/c13-11-7-1-5-16-9(7)10-8(2-6-17-10)12(11)14-3-4-15-12;;;/h1-2H,3-4H2;1H3;;/q-2;-1;;. The summed E-state index contributed by atoms with van der Waals surface area (Å²) < 4.78 is 11.2. The average molecular weight is 455 g/mol. The summed E-state index contributed by atoms with van der Waals surface area (Å²) in [5.41, 5.74) is 1.45. The molecule has 0 N–H and O–H groups in total. The third-order valence-electron chi connectivity index (χ3n) is 3.02. The zero-order chi connectivity index (χ0) is 11.5. The Kier molecular flexibility index (Phi) is 6.91. The van der Waals surface area contributed by atoms with Gasteiger partial charge in [0, 0.05) is 65.4 Å². The monoisotopic (exact) mass is 455 g/mol. The normalized spacial score (nSPS) is 17.5. The first-order valence-electron chi connectivity index (χ1n) is 5.16. The second-order valence-corrected chi connectivity index (χ2v) is 5.55. The van der Waals surface area contributed by atoms with E-state index in [1.54, 1.807) is 12.1 Å². The Balaban J connectivity index is 0.000000667. The van der Waals surface area contributed by atoms with E-state index >= 15 is 0 Å². The molecule has 1 aliphatic heterocycles. The first kappa shape index (κ1) is 19.2. The minimum absolute atomic E-state index is 0. The molecule has 3 nitrogen and oxygen atoms in total. The van der Waals surface area contributed by atoms with Crippen molar-refractivity contribution in [2.75, 3.05) is 13.2 Å². The predicted molar refractivity (Wildman–Crippen MR) is 69.6 cm³/mol. The Bertz CT molecular complexity index is 615. The zero-order valence-corrected chi connectivity index (χ0v) is 18.1. The maximum atomic E-state index is 12.5. The number of hydrogen-bond donors (Lipinski definition) is 0. The molecule has 2 aromatic heterocycles. The Morgan fingerprint density at radius 3 is 2.35 bits per heavy atom. The summed E-state index contributed by atoms with van der Waals surface area (Å²) in [6.07, 6.45) is 0. The van der Waals surface area contributed by atoms with Gasteiger partial charge in [-0.2, -0.15) is 21.9 Å². The van der Waals surface area contributed by atoms with Crippen molar-refractivity contribution in [1.82, 2.24) is 0 Å². The molecule has 4 rings (SSSR count). The first-order valence-corrected chi connectivity index (χ1v) is 6.79. The Hall–Kier alpha value is 1.20. The van der Waals surface area contributed by atoms with Gasteiger partial charge in [0.25, 0.3) is 0 Å². The van der Waals surface area contributed by atoms with Gasteiger partial charge in [0.2, 0.25) is 0 Å². The van der Waals surface area contributed by atoms with E-state index in [1.807, 2.05) is 0 Å². The van der Waals surface area contributed by atoms with Crippen LogP contribution in [0.3, 0.4) is 0 Å². The second-order valence-electron chi connectivity index (χ2n) is 3.86. The molecule has 3 heterocycles. The number of thiophene rings is 2. The van der Waals surface area contributed by atoms with E-state index in [4.69, 9.17) is 9.47 Å². The largest absolute Gasteiger partial charge is 0.358 e. The molecule has 1 saturated heterocycles. The van der Waals surface area contributed by atoms with Crippen LogP contribution in [-0.2, 0) is 80.7 Å². The molecule has 0 bridgehead atoms. The van der Waals surface area contributed by atoms with Crippen molar-refractivity contribution in [3.63, 3.8) is 0 Å². The van der Waals surface area contributed by atoms with E-state index in [2.05, 4.69) is 10.8 Å². The van der Waals surface area contributed by atoms with Crippen LogP contribution >= 0.6 is 22.7 Å². The van der Waals surface area contributed by atoms with Gasteiger partial charge in [-0.05, 0) is 0 Å². The molecule has 100 valence electrons. The summed E-state index contributed by atoms with van der Waals surface area (Å²) in [6, 6.07) is 3.52. The Morgan fingerprint density at radius 1 is 1.05 bits per heavy atom. The number of hydrogen-bond acceptors (Lipinski definition) is 5. The van der Waals surface area contributed by atoms with E-state index < -0.39 is 5.79 Å². The molecule has 1 fully saturated rings. The summed E-state index contributed by atoms with van der Waals surface area (Å²) in [4.78, 5) is 14.5. The fourth-order valence-corrected chi connectivity index (χ4v) is 4.09. The van der Waals surface area contributed by atoms with Crippen LogP contribution in [0.15, 0.2) is 12.1 Å². The third kappa shape index (κ3) is 2.52. The van der Waals surface area contributed by atoms with Gasteiger partial charge >= 0.3 is 0 Å². The summed E-state index contributed by atoms with van der Waals surface area (Å²) in [5, 5.41) is 6.08. The minimum Gasteiger partial charge on any atom is -0.358 e. The summed E-state index contributed by atoms with van der Waals surface area (Å²) in [7, 11) is 0. The smallest absolute Gasteiger partial charge is 0.190 e. The van der Waals surface area contributed by atoms with Crippen LogP contribution in [-0.4, -0.2) is 19.0 Å². The molecule has 2 aromatic rings. The van der Waals surface area contributed by atoms with E-state index in [1.165, 1.54) is 22.7 Å². The number of Topliss-reactive ketones (excluding diaryl/α,β-unsaturated/α-hetero) is 1.